The Morgan fingerprint density at radius 3 is 2.78 bits per heavy atom. The summed E-state index contributed by atoms with van der Waals surface area (Å²) in [7, 11) is 1.63. The fourth-order valence-electron chi connectivity index (χ4n) is 4.26. The molecule has 9 nitrogen and oxygen atoms in total. The van der Waals surface area contributed by atoms with Crippen LogP contribution in [0.25, 0.3) is 28.1 Å². The molecule has 36 heavy (non-hydrogen) atoms. The maximum atomic E-state index is 6.24. The van der Waals surface area contributed by atoms with Gasteiger partial charge in [-0.1, -0.05) is 11.9 Å². The van der Waals surface area contributed by atoms with E-state index in [1.165, 1.54) is 0 Å². The molecule has 0 atom stereocenters. The molecule has 186 valence electrons. The Labute approximate surface area is 216 Å². The van der Waals surface area contributed by atoms with E-state index in [2.05, 4.69) is 30.9 Å². The van der Waals surface area contributed by atoms with E-state index >= 15 is 0 Å². The zero-order chi connectivity index (χ0) is 24.6. The van der Waals surface area contributed by atoms with E-state index < -0.39 is 0 Å². The first-order valence-electron chi connectivity index (χ1n) is 11.7. The third-order valence-corrected chi connectivity index (χ3v) is 8.03. The van der Waals surface area contributed by atoms with Crippen molar-refractivity contribution in [3.63, 3.8) is 0 Å². The highest BCUT2D eigenvalue weighted by molar-refractivity contribution is 7.96. The summed E-state index contributed by atoms with van der Waals surface area (Å²) in [6.45, 7) is 6.37. The quantitative estimate of drug-likeness (QED) is 0.277. The number of aryl methyl sites for hydroxylation is 1. The lowest BCUT2D eigenvalue weighted by Gasteiger charge is -2.32. The zero-order valence-corrected chi connectivity index (χ0v) is 21.9. The number of ether oxygens (including phenoxy) is 2. The van der Waals surface area contributed by atoms with Gasteiger partial charge in [0.15, 0.2) is 16.5 Å². The number of methoxy groups -OCH3 is 1. The molecule has 0 N–H and O–H groups in total. The molecule has 1 fully saturated rings. The number of fused-ring (bicyclic) bond motifs is 2. The van der Waals surface area contributed by atoms with Gasteiger partial charge < -0.3 is 18.8 Å². The summed E-state index contributed by atoms with van der Waals surface area (Å²) < 4.78 is 22.0. The Bertz CT molecular complexity index is 1520. The molecule has 6 rings (SSSR count). The molecule has 0 saturated carbocycles. The predicted octanol–water partition coefficient (Wildman–Crippen LogP) is 4.90. The lowest BCUT2D eigenvalue weighted by molar-refractivity contribution is 0.303. The molecule has 0 unspecified atom stereocenters. The van der Waals surface area contributed by atoms with Crippen molar-refractivity contribution in [1.29, 1.82) is 0 Å². The monoisotopic (exact) mass is 522 g/mol. The molecule has 0 spiro atoms. The summed E-state index contributed by atoms with van der Waals surface area (Å²) in [5, 5.41) is 8.46. The van der Waals surface area contributed by atoms with Crippen LogP contribution >= 0.6 is 23.3 Å². The van der Waals surface area contributed by atoms with Gasteiger partial charge in [0.05, 0.1) is 30.1 Å². The highest BCUT2D eigenvalue weighted by Gasteiger charge is 2.20. The number of hydrogen-bond acceptors (Lipinski definition) is 10. The average Bonchev–Trinajstić information content (AvgIpc) is 3.64. The first-order chi connectivity index (χ1) is 17.6. The SMILES string of the molecule is COc1cc(OCc2csc(N3CCN(SC)CC3)n2)c2cc(-c3cn4nc(C)ccc4n3)oc2c1. The van der Waals surface area contributed by atoms with Gasteiger partial charge in [0.25, 0.3) is 0 Å². The van der Waals surface area contributed by atoms with Crippen molar-refractivity contribution in [2.45, 2.75) is 13.5 Å². The van der Waals surface area contributed by atoms with Crippen molar-refractivity contribution in [2.75, 3.05) is 44.4 Å². The van der Waals surface area contributed by atoms with E-state index in [1.54, 1.807) is 34.9 Å². The Morgan fingerprint density at radius 2 is 1.97 bits per heavy atom. The summed E-state index contributed by atoms with van der Waals surface area (Å²) in [5.74, 6) is 1.99. The van der Waals surface area contributed by atoms with Gasteiger partial charge in [0.2, 0.25) is 0 Å². The number of anilines is 1. The molecule has 0 amide bonds. The van der Waals surface area contributed by atoms with Crippen molar-refractivity contribution >= 4 is 45.0 Å². The van der Waals surface area contributed by atoms with Crippen molar-refractivity contribution in [3.05, 3.63) is 53.3 Å². The number of hydrogen-bond donors (Lipinski definition) is 0. The molecule has 0 radical (unpaired) electrons. The Kier molecular flexibility index (Phi) is 6.20. The molecule has 1 aliphatic heterocycles. The number of imidazole rings is 1. The number of furan rings is 1. The molecule has 1 aromatic carbocycles. The highest BCUT2D eigenvalue weighted by atomic mass is 32.2. The van der Waals surface area contributed by atoms with Crippen LogP contribution in [0.3, 0.4) is 0 Å². The number of thiazole rings is 1. The van der Waals surface area contributed by atoms with Gasteiger partial charge in [-0.05, 0) is 31.4 Å². The van der Waals surface area contributed by atoms with Gasteiger partial charge >= 0.3 is 0 Å². The molecule has 0 aliphatic carbocycles. The third kappa shape index (κ3) is 4.49. The number of rotatable bonds is 7. The maximum Gasteiger partial charge on any atom is 0.185 e. The van der Waals surface area contributed by atoms with Gasteiger partial charge in [-0.2, -0.15) is 5.10 Å². The summed E-state index contributed by atoms with van der Waals surface area (Å²) in [5.41, 5.74) is 3.97. The lowest BCUT2D eigenvalue weighted by Crippen LogP contribution is -2.43. The Balaban J connectivity index is 1.24. The summed E-state index contributed by atoms with van der Waals surface area (Å²) >= 11 is 3.47. The van der Waals surface area contributed by atoms with Gasteiger partial charge in [-0.15, -0.1) is 11.3 Å². The van der Waals surface area contributed by atoms with E-state index in [-0.39, 0.29) is 0 Å². The first-order valence-corrected chi connectivity index (χ1v) is 13.7. The smallest absolute Gasteiger partial charge is 0.185 e. The van der Waals surface area contributed by atoms with Crippen LogP contribution in [0.1, 0.15) is 11.4 Å². The lowest BCUT2D eigenvalue weighted by atomic mass is 10.2. The van der Waals surface area contributed by atoms with E-state index in [4.69, 9.17) is 18.9 Å². The van der Waals surface area contributed by atoms with E-state index in [1.807, 2.05) is 43.5 Å². The molecule has 0 bridgehead atoms. The van der Waals surface area contributed by atoms with Gasteiger partial charge in [-0.3, -0.25) is 0 Å². The summed E-state index contributed by atoms with van der Waals surface area (Å²) in [6.07, 6.45) is 4.00. The average molecular weight is 523 g/mol. The Hall–Kier alpha value is -3.28. The topological polar surface area (TPSA) is 81.2 Å². The maximum absolute atomic E-state index is 6.24. The van der Waals surface area contributed by atoms with Crippen LogP contribution in [-0.4, -0.2) is 63.4 Å². The molecule has 4 aromatic heterocycles. The summed E-state index contributed by atoms with van der Waals surface area (Å²) in [6, 6.07) is 9.58. The second kappa shape index (κ2) is 9.64. The van der Waals surface area contributed by atoms with Crippen LogP contribution < -0.4 is 14.4 Å². The zero-order valence-electron chi connectivity index (χ0n) is 20.3. The van der Waals surface area contributed by atoms with Crippen LogP contribution in [0.2, 0.25) is 0 Å². The number of piperazine rings is 1. The largest absolute Gasteiger partial charge is 0.496 e. The van der Waals surface area contributed by atoms with Crippen LogP contribution in [0.4, 0.5) is 5.13 Å². The fraction of sp³-hybridized carbons (Fsp3) is 0.320. The van der Waals surface area contributed by atoms with Crippen LogP contribution in [0.15, 0.2) is 46.3 Å². The first kappa shape index (κ1) is 23.1. The van der Waals surface area contributed by atoms with Crippen LogP contribution in [0.5, 0.6) is 11.5 Å². The highest BCUT2D eigenvalue weighted by Crippen LogP contribution is 2.37. The molecule has 5 heterocycles. The van der Waals surface area contributed by atoms with Gasteiger partial charge in [-0.25, -0.2) is 18.8 Å². The fourth-order valence-corrected chi connectivity index (χ4v) is 5.66. The molecule has 5 aromatic rings. The van der Waals surface area contributed by atoms with Crippen molar-refractivity contribution in [3.8, 4) is 23.0 Å². The molecule has 1 saturated heterocycles. The van der Waals surface area contributed by atoms with Crippen molar-refractivity contribution in [2.24, 2.45) is 0 Å². The molecular formula is C25H26N6O3S2. The van der Waals surface area contributed by atoms with Gasteiger partial charge in [0.1, 0.15) is 29.4 Å². The molecular weight excluding hydrogens is 496 g/mol. The van der Waals surface area contributed by atoms with Gasteiger partial charge in [0, 0.05) is 43.7 Å². The number of nitrogens with zero attached hydrogens (tertiary/aromatic N) is 6. The second-order valence-electron chi connectivity index (χ2n) is 8.56. The van der Waals surface area contributed by atoms with Crippen LogP contribution in [-0.2, 0) is 6.61 Å². The van der Waals surface area contributed by atoms with Crippen LogP contribution in [0, 0.1) is 6.92 Å². The van der Waals surface area contributed by atoms with E-state index in [0.29, 0.717) is 35.1 Å². The van der Waals surface area contributed by atoms with Crippen molar-refractivity contribution in [1.82, 2.24) is 23.9 Å². The standard InChI is InChI=1S/C25H26N6O3S2/c1-16-4-5-24-27-20(13-31(24)28-16)23-12-19-21(10-18(32-2)11-22(19)34-23)33-14-17-15-36-25(26-17)29-6-8-30(35-3)9-7-29/h4-5,10-13,15H,6-9,14H2,1-3H3. The molecule has 1 aliphatic rings. The van der Waals surface area contributed by atoms with Crippen molar-refractivity contribution < 1.29 is 13.9 Å². The third-order valence-electron chi connectivity index (χ3n) is 6.20. The summed E-state index contributed by atoms with van der Waals surface area (Å²) in [4.78, 5) is 11.8. The number of aromatic nitrogens is 4. The number of benzene rings is 1. The molecule has 11 heteroatoms. The van der Waals surface area contributed by atoms with E-state index in [9.17, 15) is 0 Å². The predicted molar refractivity (Wildman–Crippen MR) is 143 cm³/mol. The minimum Gasteiger partial charge on any atom is -0.496 e. The Morgan fingerprint density at radius 1 is 1.11 bits per heavy atom. The normalized spacial score (nSPS) is 14.7. The minimum atomic E-state index is 0.363. The minimum absolute atomic E-state index is 0.363. The second-order valence-corrected chi connectivity index (χ2v) is 10.3. The van der Waals surface area contributed by atoms with E-state index in [0.717, 1.165) is 53.7 Å².